The van der Waals surface area contributed by atoms with Gasteiger partial charge in [0.25, 0.3) is 0 Å². The number of morpholine rings is 1. The summed E-state index contributed by atoms with van der Waals surface area (Å²) in [6, 6.07) is 0. The third-order valence-electron chi connectivity index (χ3n) is 2.78. The second-order valence-electron chi connectivity index (χ2n) is 5.48. The Morgan fingerprint density at radius 1 is 1.44 bits per heavy atom. The van der Waals surface area contributed by atoms with Crippen molar-refractivity contribution in [3.63, 3.8) is 0 Å². The maximum absolute atomic E-state index is 11.8. The van der Waals surface area contributed by atoms with Crippen LogP contribution in [0, 0.1) is 0 Å². The van der Waals surface area contributed by atoms with Crippen molar-refractivity contribution >= 4 is 6.09 Å². The van der Waals surface area contributed by atoms with E-state index in [1.54, 1.807) is 4.90 Å². The van der Waals surface area contributed by atoms with Crippen LogP contribution in [0.5, 0.6) is 0 Å². The van der Waals surface area contributed by atoms with Crippen molar-refractivity contribution in [3.05, 3.63) is 0 Å². The first-order valence-corrected chi connectivity index (χ1v) is 5.66. The highest BCUT2D eigenvalue weighted by Gasteiger charge is 2.42. The first kappa shape index (κ1) is 11.7. The molecule has 2 aliphatic rings. The summed E-state index contributed by atoms with van der Waals surface area (Å²) in [5, 5.41) is 9.63. The standard InChI is InChI=1S/C11H19NO4/c1-11(2,3)16-10(14)12-5-7-4-8(13)9(6-12)15-7/h7-9,13H,4-6H2,1-3H3. The first-order valence-electron chi connectivity index (χ1n) is 5.66. The summed E-state index contributed by atoms with van der Waals surface area (Å²) in [5.41, 5.74) is -0.479. The molecule has 5 nitrogen and oxygen atoms in total. The van der Waals surface area contributed by atoms with Crippen molar-refractivity contribution in [1.82, 2.24) is 4.90 Å². The highest BCUT2D eigenvalue weighted by atomic mass is 16.6. The molecule has 2 heterocycles. The lowest BCUT2D eigenvalue weighted by atomic mass is 10.2. The number of nitrogens with zero attached hydrogens (tertiary/aromatic N) is 1. The second-order valence-corrected chi connectivity index (χ2v) is 5.48. The lowest BCUT2D eigenvalue weighted by Gasteiger charge is -2.33. The van der Waals surface area contributed by atoms with Crippen LogP contribution in [-0.4, -0.2) is 53.1 Å². The van der Waals surface area contributed by atoms with Gasteiger partial charge in [-0.25, -0.2) is 4.79 Å². The zero-order valence-corrected chi connectivity index (χ0v) is 9.97. The third-order valence-corrected chi connectivity index (χ3v) is 2.78. The number of rotatable bonds is 0. The lowest BCUT2D eigenvalue weighted by Crippen LogP contribution is -2.48. The van der Waals surface area contributed by atoms with Crippen molar-refractivity contribution in [3.8, 4) is 0 Å². The molecule has 0 saturated carbocycles. The molecule has 0 aliphatic carbocycles. The molecule has 2 saturated heterocycles. The van der Waals surface area contributed by atoms with Gasteiger partial charge in [0.15, 0.2) is 0 Å². The van der Waals surface area contributed by atoms with Crippen molar-refractivity contribution in [1.29, 1.82) is 0 Å². The van der Waals surface area contributed by atoms with Gasteiger partial charge in [0.2, 0.25) is 0 Å². The van der Waals surface area contributed by atoms with Crippen LogP contribution in [0.4, 0.5) is 4.79 Å². The average Bonchev–Trinajstić information content (AvgIpc) is 2.37. The minimum atomic E-state index is -0.479. The molecule has 0 spiro atoms. The Balaban J connectivity index is 1.94. The minimum Gasteiger partial charge on any atom is -0.444 e. The summed E-state index contributed by atoms with van der Waals surface area (Å²) in [7, 11) is 0. The van der Waals surface area contributed by atoms with E-state index in [1.807, 2.05) is 20.8 Å². The molecule has 5 heteroatoms. The average molecular weight is 229 g/mol. The summed E-state index contributed by atoms with van der Waals surface area (Å²) in [6.07, 6.45) is -0.436. The van der Waals surface area contributed by atoms with Crippen LogP contribution in [0.15, 0.2) is 0 Å². The van der Waals surface area contributed by atoms with Gasteiger partial charge in [-0.2, -0.15) is 0 Å². The van der Waals surface area contributed by atoms with E-state index in [1.165, 1.54) is 0 Å². The van der Waals surface area contributed by atoms with Crippen LogP contribution in [0.25, 0.3) is 0 Å². The van der Waals surface area contributed by atoms with Crippen LogP contribution in [-0.2, 0) is 9.47 Å². The summed E-state index contributed by atoms with van der Waals surface area (Å²) in [6.45, 7) is 6.47. The molecule has 0 radical (unpaired) electrons. The first-order chi connectivity index (χ1) is 7.35. The molecular formula is C11H19NO4. The predicted octanol–water partition coefficient (Wildman–Crippen LogP) is 0.755. The highest BCUT2D eigenvalue weighted by molar-refractivity contribution is 5.68. The van der Waals surface area contributed by atoms with E-state index in [9.17, 15) is 9.90 Å². The van der Waals surface area contributed by atoms with Gasteiger partial charge in [-0.05, 0) is 20.8 Å². The Bertz CT molecular complexity index is 284. The van der Waals surface area contributed by atoms with Gasteiger partial charge in [0.05, 0.1) is 25.3 Å². The van der Waals surface area contributed by atoms with Crippen molar-refractivity contribution in [2.75, 3.05) is 13.1 Å². The predicted molar refractivity (Wildman–Crippen MR) is 57.1 cm³/mol. The van der Waals surface area contributed by atoms with Gasteiger partial charge in [-0.3, -0.25) is 0 Å². The molecule has 1 amide bonds. The number of amides is 1. The fourth-order valence-corrected chi connectivity index (χ4v) is 2.11. The number of hydrogen-bond acceptors (Lipinski definition) is 4. The summed E-state index contributed by atoms with van der Waals surface area (Å²) in [5.74, 6) is 0. The Labute approximate surface area is 95.3 Å². The van der Waals surface area contributed by atoms with E-state index in [0.717, 1.165) is 0 Å². The molecule has 2 rings (SSSR count). The van der Waals surface area contributed by atoms with Crippen molar-refractivity contribution in [2.24, 2.45) is 0 Å². The van der Waals surface area contributed by atoms with Gasteiger partial charge in [0.1, 0.15) is 11.7 Å². The number of ether oxygens (including phenoxy) is 2. The lowest BCUT2D eigenvalue weighted by molar-refractivity contribution is -0.0642. The van der Waals surface area contributed by atoms with Crippen LogP contribution in [0.2, 0.25) is 0 Å². The number of aliphatic hydroxyl groups excluding tert-OH is 1. The van der Waals surface area contributed by atoms with Crippen molar-refractivity contribution in [2.45, 2.75) is 51.1 Å². The summed E-state index contributed by atoms with van der Waals surface area (Å²) < 4.78 is 10.8. The van der Waals surface area contributed by atoms with E-state index >= 15 is 0 Å². The topological polar surface area (TPSA) is 59.0 Å². The number of carbonyl (C=O) groups is 1. The quantitative estimate of drug-likeness (QED) is 0.666. The second kappa shape index (κ2) is 3.89. The molecule has 16 heavy (non-hydrogen) atoms. The minimum absolute atomic E-state index is 0.0405. The largest absolute Gasteiger partial charge is 0.444 e. The van der Waals surface area contributed by atoms with Gasteiger partial charge in [0, 0.05) is 6.42 Å². The molecule has 2 bridgehead atoms. The molecule has 3 unspecified atom stereocenters. The molecule has 2 aliphatic heterocycles. The number of hydrogen-bond donors (Lipinski definition) is 1. The fourth-order valence-electron chi connectivity index (χ4n) is 2.11. The summed E-state index contributed by atoms with van der Waals surface area (Å²) in [4.78, 5) is 13.4. The zero-order chi connectivity index (χ0) is 11.9. The van der Waals surface area contributed by atoms with Crippen LogP contribution >= 0.6 is 0 Å². The van der Waals surface area contributed by atoms with Gasteiger partial charge in [-0.15, -0.1) is 0 Å². The molecule has 92 valence electrons. The zero-order valence-electron chi connectivity index (χ0n) is 9.97. The van der Waals surface area contributed by atoms with E-state index in [-0.39, 0.29) is 18.3 Å². The molecule has 1 N–H and O–H groups in total. The normalized spacial score (nSPS) is 34.0. The molecule has 0 aromatic rings. The SMILES string of the molecule is CC(C)(C)OC(=O)N1CC2CC(O)C(C1)O2. The van der Waals surface area contributed by atoms with E-state index < -0.39 is 11.7 Å². The molecule has 0 aromatic heterocycles. The van der Waals surface area contributed by atoms with Gasteiger partial charge < -0.3 is 19.5 Å². The Morgan fingerprint density at radius 2 is 2.12 bits per heavy atom. The molecule has 2 fully saturated rings. The Morgan fingerprint density at radius 3 is 2.69 bits per heavy atom. The number of carbonyl (C=O) groups excluding carboxylic acids is 1. The van der Waals surface area contributed by atoms with Crippen LogP contribution in [0.1, 0.15) is 27.2 Å². The number of aliphatic hydroxyl groups is 1. The monoisotopic (exact) mass is 229 g/mol. The fraction of sp³-hybridized carbons (Fsp3) is 0.909. The van der Waals surface area contributed by atoms with Crippen LogP contribution < -0.4 is 0 Å². The molecular weight excluding hydrogens is 210 g/mol. The Hall–Kier alpha value is -0.810. The number of likely N-dealkylation sites (tertiary alicyclic amines) is 1. The molecule has 3 atom stereocenters. The van der Waals surface area contributed by atoms with Gasteiger partial charge in [-0.1, -0.05) is 0 Å². The van der Waals surface area contributed by atoms with Crippen molar-refractivity contribution < 1.29 is 19.4 Å². The number of fused-ring (bicyclic) bond motifs is 2. The van der Waals surface area contributed by atoms with Crippen LogP contribution in [0.3, 0.4) is 0 Å². The van der Waals surface area contributed by atoms with E-state index in [2.05, 4.69) is 0 Å². The van der Waals surface area contributed by atoms with E-state index in [4.69, 9.17) is 9.47 Å². The summed E-state index contributed by atoms with van der Waals surface area (Å²) >= 11 is 0. The maximum Gasteiger partial charge on any atom is 0.410 e. The van der Waals surface area contributed by atoms with E-state index in [0.29, 0.717) is 19.5 Å². The highest BCUT2D eigenvalue weighted by Crippen LogP contribution is 2.27. The Kier molecular flexibility index (Phi) is 2.84. The van der Waals surface area contributed by atoms with Gasteiger partial charge >= 0.3 is 6.09 Å². The smallest absolute Gasteiger partial charge is 0.410 e. The molecule has 0 aromatic carbocycles. The third kappa shape index (κ3) is 2.47. The maximum atomic E-state index is 11.8.